The fourth-order valence-electron chi connectivity index (χ4n) is 2.58. The van der Waals surface area contributed by atoms with Crippen LogP contribution in [0.25, 0.3) is 6.08 Å². The number of rotatable bonds is 6. The molecule has 0 aliphatic carbocycles. The number of anilines is 1. The molecule has 31 heavy (non-hydrogen) atoms. The van der Waals surface area contributed by atoms with E-state index in [1.807, 2.05) is 6.07 Å². The summed E-state index contributed by atoms with van der Waals surface area (Å²) in [7, 11) is 0. The van der Waals surface area contributed by atoms with Crippen LogP contribution in [-0.2, 0) is 11.4 Å². The van der Waals surface area contributed by atoms with Gasteiger partial charge in [-0.25, -0.2) is 4.39 Å². The first kappa shape index (κ1) is 22.6. The molecule has 3 aromatic carbocycles. The van der Waals surface area contributed by atoms with Crippen molar-refractivity contribution < 1.29 is 13.9 Å². The first-order valence-corrected chi connectivity index (χ1v) is 10.0. The van der Waals surface area contributed by atoms with Gasteiger partial charge >= 0.3 is 0 Å². The topological polar surface area (TPSA) is 62.1 Å². The van der Waals surface area contributed by atoms with E-state index in [0.717, 1.165) is 5.56 Å². The summed E-state index contributed by atoms with van der Waals surface area (Å²) in [5, 5.41) is 13.1. The predicted octanol–water partition coefficient (Wildman–Crippen LogP) is 6.91. The zero-order chi connectivity index (χ0) is 22.4. The van der Waals surface area contributed by atoms with Gasteiger partial charge in [0, 0.05) is 16.3 Å². The smallest absolute Gasteiger partial charge is 0.266 e. The number of nitrogens with one attached hydrogen (secondary N) is 1. The summed E-state index contributed by atoms with van der Waals surface area (Å²) in [6.07, 6.45) is 1.37. The van der Waals surface area contributed by atoms with E-state index in [-0.39, 0.29) is 23.0 Å². The molecule has 156 valence electrons. The van der Waals surface area contributed by atoms with Gasteiger partial charge in [-0.1, -0.05) is 46.9 Å². The lowest BCUT2D eigenvalue weighted by Crippen LogP contribution is -2.13. The molecule has 0 aliphatic rings. The molecule has 1 amide bonds. The van der Waals surface area contributed by atoms with Crippen molar-refractivity contribution in [2.24, 2.45) is 0 Å². The molecule has 0 fully saturated rings. The van der Waals surface area contributed by atoms with E-state index in [4.69, 9.17) is 39.5 Å². The summed E-state index contributed by atoms with van der Waals surface area (Å²) in [6.45, 7) is 0.167. The van der Waals surface area contributed by atoms with Crippen LogP contribution in [0.5, 0.6) is 5.75 Å². The fraction of sp³-hybridized carbons (Fsp3) is 0.0435. The van der Waals surface area contributed by atoms with E-state index in [2.05, 4.69) is 5.32 Å². The summed E-state index contributed by atoms with van der Waals surface area (Å²) < 4.78 is 18.9. The molecule has 0 radical (unpaired) electrons. The van der Waals surface area contributed by atoms with Crippen LogP contribution in [0.1, 0.15) is 11.1 Å². The van der Waals surface area contributed by atoms with Crippen LogP contribution >= 0.6 is 34.8 Å². The Morgan fingerprint density at radius 3 is 2.45 bits per heavy atom. The Morgan fingerprint density at radius 1 is 1.03 bits per heavy atom. The number of benzene rings is 3. The molecule has 0 spiro atoms. The molecule has 0 unspecified atom stereocenters. The monoisotopic (exact) mass is 474 g/mol. The lowest BCUT2D eigenvalue weighted by atomic mass is 10.1. The maximum absolute atomic E-state index is 13.1. The average Bonchev–Trinajstić information content (AvgIpc) is 2.75. The van der Waals surface area contributed by atoms with E-state index in [9.17, 15) is 14.4 Å². The SMILES string of the molecule is N#C/C(=C\c1cc(Cl)ccc1OCc1ccc(F)cc1)C(=O)Nc1ccc(Cl)c(Cl)c1. The number of amides is 1. The van der Waals surface area contributed by atoms with Crippen LogP contribution in [-0.4, -0.2) is 5.91 Å². The molecule has 0 saturated heterocycles. The minimum atomic E-state index is -0.634. The molecule has 0 aromatic heterocycles. The Kier molecular flexibility index (Phi) is 7.54. The third-order valence-corrected chi connectivity index (χ3v) is 5.10. The number of carbonyl (C=O) groups excluding carboxylic acids is 1. The molecule has 0 aliphatic heterocycles. The minimum Gasteiger partial charge on any atom is -0.488 e. The van der Waals surface area contributed by atoms with Crippen molar-refractivity contribution in [2.75, 3.05) is 5.32 Å². The van der Waals surface area contributed by atoms with Gasteiger partial charge in [0.25, 0.3) is 5.91 Å². The highest BCUT2D eigenvalue weighted by atomic mass is 35.5. The number of ether oxygens (including phenoxy) is 1. The summed E-state index contributed by atoms with van der Waals surface area (Å²) in [4.78, 5) is 12.6. The second kappa shape index (κ2) is 10.3. The van der Waals surface area contributed by atoms with E-state index in [1.165, 1.54) is 30.3 Å². The summed E-state index contributed by atoms with van der Waals surface area (Å²) in [5.41, 5.74) is 1.42. The number of carbonyl (C=O) groups is 1. The standard InChI is InChI=1S/C23H14Cl3FN2O2/c24-17-3-8-22(31-13-14-1-4-18(27)5-2-14)15(10-17)9-16(12-28)23(30)29-19-6-7-20(25)21(26)11-19/h1-11H,13H2,(H,29,30)/b16-9+. The summed E-state index contributed by atoms with van der Waals surface area (Å²) in [6, 6.07) is 17.2. The van der Waals surface area contributed by atoms with Gasteiger partial charge in [-0.05, 0) is 60.2 Å². The van der Waals surface area contributed by atoms with Crippen molar-refractivity contribution in [3.05, 3.63) is 98.2 Å². The number of hydrogen-bond donors (Lipinski definition) is 1. The van der Waals surface area contributed by atoms with E-state index in [1.54, 1.807) is 36.4 Å². The summed E-state index contributed by atoms with van der Waals surface area (Å²) in [5.74, 6) is -0.570. The maximum atomic E-state index is 13.1. The van der Waals surface area contributed by atoms with Crippen LogP contribution in [0.4, 0.5) is 10.1 Å². The zero-order valence-electron chi connectivity index (χ0n) is 15.8. The highest BCUT2D eigenvalue weighted by molar-refractivity contribution is 6.42. The summed E-state index contributed by atoms with van der Waals surface area (Å²) >= 11 is 17.9. The molecule has 0 bridgehead atoms. The fourth-order valence-corrected chi connectivity index (χ4v) is 3.06. The van der Waals surface area contributed by atoms with Gasteiger partial charge in [0.05, 0.1) is 10.0 Å². The minimum absolute atomic E-state index is 0.167. The predicted molar refractivity (Wildman–Crippen MR) is 121 cm³/mol. The van der Waals surface area contributed by atoms with Gasteiger partial charge < -0.3 is 10.1 Å². The van der Waals surface area contributed by atoms with Gasteiger partial charge in [-0.2, -0.15) is 5.26 Å². The lowest BCUT2D eigenvalue weighted by Gasteiger charge is -2.11. The molecule has 0 atom stereocenters. The van der Waals surface area contributed by atoms with Crippen LogP contribution in [0.2, 0.25) is 15.1 Å². The van der Waals surface area contributed by atoms with Crippen molar-refractivity contribution in [1.82, 2.24) is 0 Å². The molecule has 4 nitrogen and oxygen atoms in total. The van der Waals surface area contributed by atoms with Crippen molar-refractivity contribution in [2.45, 2.75) is 6.61 Å². The Morgan fingerprint density at radius 2 is 1.77 bits per heavy atom. The average molecular weight is 476 g/mol. The van der Waals surface area contributed by atoms with Crippen molar-refractivity contribution in [1.29, 1.82) is 5.26 Å². The number of halogens is 4. The highest BCUT2D eigenvalue weighted by Gasteiger charge is 2.13. The van der Waals surface area contributed by atoms with E-state index < -0.39 is 5.91 Å². The quantitative estimate of drug-likeness (QED) is 0.311. The molecule has 3 rings (SSSR count). The van der Waals surface area contributed by atoms with Crippen LogP contribution in [0.15, 0.2) is 66.2 Å². The third-order valence-electron chi connectivity index (χ3n) is 4.12. The number of nitriles is 1. The molecule has 0 saturated carbocycles. The highest BCUT2D eigenvalue weighted by Crippen LogP contribution is 2.28. The normalized spacial score (nSPS) is 11.0. The van der Waals surface area contributed by atoms with Crippen LogP contribution in [0, 0.1) is 17.1 Å². The van der Waals surface area contributed by atoms with Crippen LogP contribution < -0.4 is 10.1 Å². The van der Waals surface area contributed by atoms with Gasteiger partial charge in [0.1, 0.15) is 29.8 Å². The number of nitrogens with zero attached hydrogens (tertiary/aromatic N) is 1. The lowest BCUT2D eigenvalue weighted by molar-refractivity contribution is -0.112. The van der Waals surface area contributed by atoms with Gasteiger partial charge in [-0.15, -0.1) is 0 Å². The Hall–Kier alpha value is -3.04. The van der Waals surface area contributed by atoms with E-state index in [0.29, 0.717) is 27.0 Å². The van der Waals surface area contributed by atoms with Gasteiger partial charge in [0.2, 0.25) is 0 Å². The van der Waals surface area contributed by atoms with Crippen molar-refractivity contribution in [3.8, 4) is 11.8 Å². The molecular formula is C23H14Cl3FN2O2. The van der Waals surface area contributed by atoms with Gasteiger partial charge in [-0.3, -0.25) is 4.79 Å². The van der Waals surface area contributed by atoms with Crippen molar-refractivity contribution >= 4 is 52.5 Å². The van der Waals surface area contributed by atoms with Crippen molar-refractivity contribution in [3.63, 3.8) is 0 Å². The molecule has 8 heteroatoms. The maximum Gasteiger partial charge on any atom is 0.266 e. The largest absolute Gasteiger partial charge is 0.488 e. The second-order valence-electron chi connectivity index (χ2n) is 6.35. The van der Waals surface area contributed by atoms with E-state index >= 15 is 0 Å². The number of hydrogen-bond acceptors (Lipinski definition) is 3. The first-order chi connectivity index (χ1) is 14.9. The Labute approximate surface area is 193 Å². The first-order valence-electron chi connectivity index (χ1n) is 8.90. The molecule has 3 aromatic rings. The molecular weight excluding hydrogens is 462 g/mol. The zero-order valence-corrected chi connectivity index (χ0v) is 18.1. The Bertz CT molecular complexity index is 1190. The second-order valence-corrected chi connectivity index (χ2v) is 7.60. The van der Waals surface area contributed by atoms with Gasteiger partial charge in [0.15, 0.2) is 0 Å². The van der Waals surface area contributed by atoms with Crippen LogP contribution in [0.3, 0.4) is 0 Å². The molecule has 1 N–H and O–H groups in total. The third kappa shape index (κ3) is 6.22. The molecule has 0 heterocycles. The Balaban J connectivity index is 1.82.